The smallest absolute Gasteiger partial charge is 0.0253 e. The van der Waals surface area contributed by atoms with Crippen molar-refractivity contribution >= 4 is 0 Å². The first kappa shape index (κ1) is 9.52. The van der Waals surface area contributed by atoms with Crippen LogP contribution in [-0.2, 0) is 0 Å². The van der Waals surface area contributed by atoms with Crippen LogP contribution in [0.2, 0.25) is 0 Å². The van der Waals surface area contributed by atoms with Gasteiger partial charge in [0.05, 0.1) is 0 Å². The van der Waals surface area contributed by atoms with Gasteiger partial charge in [0.15, 0.2) is 0 Å². The van der Waals surface area contributed by atoms with Crippen LogP contribution >= 0.6 is 0 Å². The quantitative estimate of drug-likeness (QED) is 0.571. The molecule has 0 aromatic heterocycles. The number of rotatable bonds is 5. The Labute approximate surface area is 64.2 Å². The molecule has 1 radical (unpaired) electrons. The van der Waals surface area contributed by atoms with Crippen molar-refractivity contribution in [3.63, 3.8) is 0 Å². The summed E-state index contributed by atoms with van der Waals surface area (Å²) in [5.41, 5.74) is 0. The monoisotopic (exact) mass is 138 g/mol. The van der Waals surface area contributed by atoms with Gasteiger partial charge in [0.25, 0.3) is 0 Å². The van der Waals surface area contributed by atoms with E-state index in [1.165, 1.54) is 19.3 Å². The molecule has 0 aliphatic carbocycles. The van der Waals surface area contributed by atoms with E-state index in [1.54, 1.807) is 0 Å². The third-order valence-corrected chi connectivity index (χ3v) is 1.66. The van der Waals surface area contributed by atoms with Crippen molar-refractivity contribution < 1.29 is 0 Å². The van der Waals surface area contributed by atoms with Gasteiger partial charge < -0.3 is 5.32 Å². The van der Waals surface area contributed by atoms with Crippen molar-refractivity contribution in [3.8, 4) is 5.92 Å². The van der Waals surface area contributed by atoms with E-state index in [-0.39, 0.29) is 0 Å². The highest BCUT2D eigenvalue weighted by molar-refractivity contribution is 4.83. The number of hydrogen-bond acceptors (Lipinski definition) is 1. The number of unbranched alkanes of at least 4 members (excludes halogenated alkanes) is 1. The normalized spacial score (nSPS) is 12.5. The van der Waals surface area contributed by atoms with E-state index in [0.717, 1.165) is 6.42 Å². The molecule has 0 bridgehead atoms. The maximum Gasteiger partial charge on any atom is 0.0253 e. The standard InChI is InChI=1S/C9H16N/c1-4-6-8-9(10-3)7-5-2/h9-10H,4,6-8H2,1,3H3. The predicted molar refractivity (Wildman–Crippen MR) is 44.1 cm³/mol. The Morgan fingerprint density at radius 2 is 2.30 bits per heavy atom. The van der Waals surface area contributed by atoms with Gasteiger partial charge in [-0.05, 0) is 19.9 Å². The van der Waals surface area contributed by atoms with Crippen LogP contribution in [0.15, 0.2) is 0 Å². The van der Waals surface area contributed by atoms with Crippen LogP contribution in [0.3, 0.4) is 0 Å². The molecule has 1 nitrogen and oxygen atoms in total. The molecule has 0 aliphatic rings. The van der Waals surface area contributed by atoms with Gasteiger partial charge in [0, 0.05) is 12.5 Å². The van der Waals surface area contributed by atoms with Crippen LogP contribution in [0.5, 0.6) is 0 Å². The highest BCUT2D eigenvalue weighted by Gasteiger charge is 2.01. The molecule has 0 rings (SSSR count). The van der Waals surface area contributed by atoms with E-state index in [4.69, 9.17) is 6.42 Å². The molecule has 10 heavy (non-hydrogen) atoms. The fraction of sp³-hybridized carbons (Fsp3) is 0.778. The lowest BCUT2D eigenvalue weighted by Gasteiger charge is -2.11. The highest BCUT2D eigenvalue weighted by atomic mass is 14.9. The van der Waals surface area contributed by atoms with E-state index in [0.29, 0.717) is 6.04 Å². The molecule has 0 amide bonds. The molecule has 0 spiro atoms. The number of hydrogen-bond donors (Lipinski definition) is 1. The van der Waals surface area contributed by atoms with Crippen molar-refractivity contribution in [1.29, 1.82) is 0 Å². The number of nitrogens with one attached hydrogen (secondary N) is 1. The Hall–Kier alpha value is -0.480. The zero-order valence-corrected chi connectivity index (χ0v) is 6.91. The van der Waals surface area contributed by atoms with Gasteiger partial charge in [-0.15, -0.1) is 0 Å². The molecule has 1 N–H and O–H groups in total. The molecule has 0 aromatic carbocycles. The highest BCUT2D eigenvalue weighted by Crippen LogP contribution is 2.02. The average Bonchev–Trinajstić information content (AvgIpc) is 1.98. The van der Waals surface area contributed by atoms with Gasteiger partial charge >= 0.3 is 0 Å². The van der Waals surface area contributed by atoms with Crippen molar-refractivity contribution in [1.82, 2.24) is 5.32 Å². The average molecular weight is 138 g/mol. The summed E-state index contributed by atoms with van der Waals surface area (Å²) in [6, 6.07) is 0.470. The molecule has 0 saturated carbocycles. The van der Waals surface area contributed by atoms with Crippen molar-refractivity contribution in [2.75, 3.05) is 7.05 Å². The minimum Gasteiger partial charge on any atom is -0.316 e. The molecule has 0 aliphatic heterocycles. The predicted octanol–water partition coefficient (Wildman–Crippen LogP) is 1.74. The summed E-state index contributed by atoms with van der Waals surface area (Å²) in [4.78, 5) is 0. The Morgan fingerprint density at radius 3 is 2.70 bits per heavy atom. The molecule has 0 saturated heterocycles. The first-order valence-corrected chi connectivity index (χ1v) is 3.92. The van der Waals surface area contributed by atoms with Gasteiger partial charge in [0.2, 0.25) is 0 Å². The molecular formula is C9H16N. The minimum absolute atomic E-state index is 0.470. The van der Waals surface area contributed by atoms with Crippen LogP contribution < -0.4 is 5.32 Å². The van der Waals surface area contributed by atoms with Gasteiger partial charge in [-0.2, -0.15) is 0 Å². The van der Waals surface area contributed by atoms with Crippen LogP contribution in [0, 0.1) is 12.3 Å². The zero-order chi connectivity index (χ0) is 7.82. The SMILES string of the molecule is [C]#CCC(CCCC)NC. The fourth-order valence-corrected chi connectivity index (χ4v) is 0.922. The summed E-state index contributed by atoms with van der Waals surface area (Å²) < 4.78 is 0. The molecule has 1 heteroatoms. The molecule has 57 valence electrons. The minimum atomic E-state index is 0.470. The Balaban J connectivity index is 3.32. The van der Waals surface area contributed by atoms with Crippen LogP contribution in [-0.4, -0.2) is 13.1 Å². The maximum atomic E-state index is 6.78. The largest absolute Gasteiger partial charge is 0.316 e. The van der Waals surface area contributed by atoms with Gasteiger partial charge in [0.1, 0.15) is 0 Å². The summed E-state index contributed by atoms with van der Waals surface area (Å²) in [6.45, 7) is 2.18. The second kappa shape index (κ2) is 6.64. The van der Waals surface area contributed by atoms with E-state index in [2.05, 4.69) is 18.2 Å². The lowest BCUT2D eigenvalue weighted by molar-refractivity contribution is 0.510. The Morgan fingerprint density at radius 1 is 1.60 bits per heavy atom. The molecule has 0 heterocycles. The fourth-order valence-electron chi connectivity index (χ4n) is 0.922. The summed E-state index contributed by atoms with van der Waals surface area (Å²) in [5, 5.41) is 3.16. The van der Waals surface area contributed by atoms with E-state index >= 15 is 0 Å². The van der Waals surface area contributed by atoms with Crippen LogP contribution in [0.1, 0.15) is 32.6 Å². The molecule has 1 atom stereocenters. The van der Waals surface area contributed by atoms with E-state index in [1.807, 2.05) is 7.05 Å². The Bertz CT molecular complexity index is 102. The summed E-state index contributed by atoms with van der Waals surface area (Å²) in [5.74, 6) is 2.42. The lowest BCUT2D eigenvalue weighted by atomic mass is 10.1. The first-order chi connectivity index (χ1) is 4.85. The van der Waals surface area contributed by atoms with Crippen molar-refractivity contribution in [2.45, 2.75) is 38.6 Å². The maximum absolute atomic E-state index is 6.78. The zero-order valence-electron chi connectivity index (χ0n) is 6.91. The molecule has 0 fully saturated rings. The summed E-state index contributed by atoms with van der Waals surface area (Å²) >= 11 is 0. The third kappa shape index (κ3) is 4.40. The third-order valence-electron chi connectivity index (χ3n) is 1.66. The van der Waals surface area contributed by atoms with Crippen LogP contribution in [0.4, 0.5) is 0 Å². The summed E-state index contributed by atoms with van der Waals surface area (Å²) in [7, 11) is 1.94. The molecule has 1 unspecified atom stereocenters. The molecule has 0 aromatic rings. The second-order valence-electron chi connectivity index (χ2n) is 2.51. The second-order valence-corrected chi connectivity index (χ2v) is 2.51. The Kier molecular flexibility index (Phi) is 6.32. The van der Waals surface area contributed by atoms with Gasteiger partial charge in [-0.3, -0.25) is 0 Å². The van der Waals surface area contributed by atoms with Crippen molar-refractivity contribution in [2.24, 2.45) is 0 Å². The first-order valence-electron chi connectivity index (χ1n) is 3.92. The van der Waals surface area contributed by atoms with Crippen LogP contribution in [0.25, 0.3) is 0 Å². The van der Waals surface area contributed by atoms with E-state index < -0.39 is 0 Å². The molecular weight excluding hydrogens is 122 g/mol. The van der Waals surface area contributed by atoms with E-state index in [9.17, 15) is 0 Å². The lowest BCUT2D eigenvalue weighted by Crippen LogP contribution is -2.24. The van der Waals surface area contributed by atoms with Gasteiger partial charge in [-0.25, -0.2) is 0 Å². The van der Waals surface area contributed by atoms with Crippen molar-refractivity contribution in [3.05, 3.63) is 6.42 Å². The van der Waals surface area contributed by atoms with Gasteiger partial charge in [-0.1, -0.05) is 25.7 Å². The topological polar surface area (TPSA) is 12.0 Å². The summed E-state index contributed by atoms with van der Waals surface area (Å²) in [6.07, 6.45) is 11.2.